The average molecular weight is 384 g/mol. The lowest BCUT2D eigenvalue weighted by molar-refractivity contribution is 0.624. The lowest BCUT2D eigenvalue weighted by Crippen LogP contribution is -2.38. The highest BCUT2D eigenvalue weighted by Crippen LogP contribution is 2.21. The molecule has 2 aromatic carbocycles. The number of halogens is 2. The molecule has 136 valence electrons. The van der Waals surface area contributed by atoms with Crippen molar-refractivity contribution >= 4 is 22.6 Å². The molecule has 2 aromatic heterocycles. The molecule has 4 aromatic rings. The number of fused-ring (bicyclic) bond motifs is 1. The molecule has 0 aliphatic heterocycles. The van der Waals surface area contributed by atoms with Gasteiger partial charge in [-0.1, -0.05) is 29.8 Å². The van der Waals surface area contributed by atoms with E-state index in [1.54, 1.807) is 29.0 Å². The Labute approximate surface area is 158 Å². The molecule has 5 nitrogen and oxygen atoms in total. The fraction of sp³-hybridized carbons (Fsp3) is 0.100. The molecule has 7 heteroatoms. The Kier molecular flexibility index (Phi) is 4.20. The molecular weight excluding hydrogens is 369 g/mol. The van der Waals surface area contributed by atoms with Gasteiger partial charge in [-0.3, -0.25) is 13.9 Å². The van der Waals surface area contributed by atoms with Crippen LogP contribution in [0.1, 0.15) is 5.56 Å². The monoisotopic (exact) mass is 383 g/mol. The minimum Gasteiger partial charge on any atom is -0.337 e. The maximum absolute atomic E-state index is 13.6. The molecule has 0 saturated heterocycles. The van der Waals surface area contributed by atoms with Gasteiger partial charge in [-0.05, 0) is 42.0 Å². The van der Waals surface area contributed by atoms with Gasteiger partial charge in [0, 0.05) is 24.8 Å². The standard InChI is InChI=1S/C20H15ClFN3O2/c1-23-19(26)18-17(25(20(23)27)15-5-3-2-4-6-15)9-10-24(18)12-13-11-14(22)7-8-16(13)21/h2-11H,12H2,1H3. The van der Waals surface area contributed by atoms with Gasteiger partial charge in [-0.15, -0.1) is 0 Å². The molecule has 0 radical (unpaired) electrons. The van der Waals surface area contributed by atoms with E-state index >= 15 is 0 Å². The van der Waals surface area contributed by atoms with Crippen LogP contribution in [-0.2, 0) is 13.6 Å². The van der Waals surface area contributed by atoms with Crippen molar-refractivity contribution in [1.29, 1.82) is 0 Å². The van der Waals surface area contributed by atoms with Crippen LogP contribution >= 0.6 is 11.6 Å². The van der Waals surface area contributed by atoms with Crippen molar-refractivity contribution in [2.45, 2.75) is 6.54 Å². The van der Waals surface area contributed by atoms with E-state index in [-0.39, 0.29) is 6.54 Å². The second-order valence-electron chi connectivity index (χ2n) is 6.23. The molecule has 27 heavy (non-hydrogen) atoms. The van der Waals surface area contributed by atoms with Gasteiger partial charge < -0.3 is 4.57 Å². The van der Waals surface area contributed by atoms with Crippen LogP contribution in [0.15, 0.2) is 70.4 Å². The maximum atomic E-state index is 13.6. The highest BCUT2D eigenvalue weighted by atomic mass is 35.5. The molecule has 2 heterocycles. The summed E-state index contributed by atoms with van der Waals surface area (Å²) in [5.41, 5.74) is 1.20. The molecule has 0 bridgehead atoms. The molecule has 0 aliphatic rings. The number of nitrogens with zero attached hydrogens (tertiary/aromatic N) is 3. The van der Waals surface area contributed by atoms with E-state index in [0.717, 1.165) is 4.57 Å². The molecule has 0 saturated carbocycles. The molecule has 4 rings (SSSR count). The molecule has 0 fully saturated rings. The van der Waals surface area contributed by atoms with Crippen LogP contribution in [0.2, 0.25) is 5.02 Å². The topological polar surface area (TPSA) is 48.9 Å². The van der Waals surface area contributed by atoms with Crippen LogP contribution in [-0.4, -0.2) is 13.7 Å². The first-order chi connectivity index (χ1) is 13.0. The Balaban J connectivity index is 1.98. The number of hydrogen-bond donors (Lipinski definition) is 0. The van der Waals surface area contributed by atoms with Gasteiger partial charge in [-0.25, -0.2) is 9.18 Å². The zero-order valence-electron chi connectivity index (χ0n) is 14.4. The lowest BCUT2D eigenvalue weighted by atomic mass is 10.2. The summed E-state index contributed by atoms with van der Waals surface area (Å²) >= 11 is 6.17. The third kappa shape index (κ3) is 2.88. The number of rotatable bonds is 3. The second-order valence-corrected chi connectivity index (χ2v) is 6.64. The number of benzene rings is 2. The Bertz CT molecular complexity index is 1270. The summed E-state index contributed by atoms with van der Waals surface area (Å²) in [4.78, 5) is 25.5. The largest absolute Gasteiger partial charge is 0.337 e. The summed E-state index contributed by atoms with van der Waals surface area (Å²) < 4.78 is 17.8. The summed E-state index contributed by atoms with van der Waals surface area (Å²) in [5.74, 6) is -0.403. The van der Waals surface area contributed by atoms with E-state index in [1.807, 2.05) is 18.2 Å². The quantitative estimate of drug-likeness (QED) is 0.545. The van der Waals surface area contributed by atoms with Crippen molar-refractivity contribution in [3.8, 4) is 5.69 Å². The van der Waals surface area contributed by atoms with Gasteiger partial charge in [0.25, 0.3) is 5.56 Å². The Morgan fingerprint density at radius 1 is 1.04 bits per heavy atom. The maximum Gasteiger partial charge on any atom is 0.335 e. The van der Waals surface area contributed by atoms with Crippen LogP contribution in [0.5, 0.6) is 0 Å². The van der Waals surface area contributed by atoms with Crippen molar-refractivity contribution in [1.82, 2.24) is 13.7 Å². The van der Waals surface area contributed by atoms with Crippen LogP contribution in [0, 0.1) is 5.82 Å². The Hall–Kier alpha value is -3.12. The molecule has 0 amide bonds. The predicted octanol–water partition coefficient (Wildman–Crippen LogP) is 3.33. The van der Waals surface area contributed by atoms with Crippen LogP contribution < -0.4 is 11.2 Å². The van der Waals surface area contributed by atoms with Crippen LogP contribution in [0.3, 0.4) is 0 Å². The summed E-state index contributed by atoms with van der Waals surface area (Å²) in [6.07, 6.45) is 1.70. The van der Waals surface area contributed by atoms with Crippen molar-refractivity contribution < 1.29 is 4.39 Å². The highest BCUT2D eigenvalue weighted by Gasteiger charge is 2.16. The first-order valence-electron chi connectivity index (χ1n) is 8.27. The number of para-hydroxylation sites is 1. The first-order valence-corrected chi connectivity index (χ1v) is 8.65. The molecule has 0 atom stereocenters. The fourth-order valence-corrected chi connectivity index (χ4v) is 3.36. The summed E-state index contributed by atoms with van der Waals surface area (Å²) in [5, 5.41) is 0.409. The third-order valence-corrected chi connectivity index (χ3v) is 4.90. The third-order valence-electron chi connectivity index (χ3n) is 4.53. The van der Waals surface area contributed by atoms with Gasteiger partial charge in [0.05, 0.1) is 11.2 Å². The normalized spacial score (nSPS) is 11.2. The van der Waals surface area contributed by atoms with Gasteiger partial charge in [0.2, 0.25) is 0 Å². The van der Waals surface area contributed by atoms with Crippen molar-refractivity contribution in [2.75, 3.05) is 0 Å². The molecule has 0 N–H and O–H groups in total. The van der Waals surface area contributed by atoms with Crippen molar-refractivity contribution in [3.63, 3.8) is 0 Å². The van der Waals surface area contributed by atoms with Crippen molar-refractivity contribution in [2.24, 2.45) is 7.05 Å². The summed E-state index contributed by atoms with van der Waals surface area (Å²) in [6, 6.07) is 14.9. The zero-order chi connectivity index (χ0) is 19.1. The minimum atomic E-state index is -0.430. The van der Waals surface area contributed by atoms with E-state index in [9.17, 15) is 14.0 Å². The smallest absolute Gasteiger partial charge is 0.335 e. The van der Waals surface area contributed by atoms with Crippen LogP contribution in [0.4, 0.5) is 4.39 Å². The van der Waals surface area contributed by atoms with Gasteiger partial charge in [-0.2, -0.15) is 0 Å². The second kappa shape index (κ2) is 6.55. The average Bonchev–Trinajstić information content (AvgIpc) is 3.07. The molecule has 0 unspecified atom stereocenters. The molecular formula is C20H15ClFN3O2. The van der Waals surface area contributed by atoms with E-state index in [0.29, 0.717) is 27.3 Å². The predicted molar refractivity (Wildman–Crippen MR) is 103 cm³/mol. The first kappa shape index (κ1) is 17.3. The van der Waals surface area contributed by atoms with E-state index in [4.69, 9.17) is 11.6 Å². The highest BCUT2D eigenvalue weighted by molar-refractivity contribution is 6.31. The van der Waals surface area contributed by atoms with Crippen LogP contribution in [0.25, 0.3) is 16.7 Å². The van der Waals surface area contributed by atoms with E-state index in [1.165, 1.54) is 29.8 Å². The summed E-state index contributed by atoms with van der Waals surface area (Å²) in [6.45, 7) is 0.211. The van der Waals surface area contributed by atoms with E-state index < -0.39 is 17.1 Å². The zero-order valence-corrected chi connectivity index (χ0v) is 15.2. The number of aromatic nitrogens is 3. The van der Waals surface area contributed by atoms with E-state index in [2.05, 4.69) is 0 Å². The van der Waals surface area contributed by atoms with Crippen molar-refractivity contribution in [3.05, 3.63) is 98.0 Å². The van der Waals surface area contributed by atoms with Gasteiger partial charge in [0.1, 0.15) is 11.3 Å². The molecule has 0 spiro atoms. The Morgan fingerprint density at radius 3 is 2.52 bits per heavy atom. The number of hydrogen-bond acceptors (Lipinski definition) is 2. The minimum absolute atomic E-state index is 0.211. The summed E-state index contributed by atoms with van der Waals surface area (Å²) in [7, 11) is 1.44. The fourth-order valence-electron chi connectivity index (χ4n) is 3.18. The molecule has 0 aliphatic carbocycles. The SMILES string of the molecule is Cn1c(=O)c2c(ccn2Cc2cc(F)ccc2Cl)n(-c2ccccc2)c1=O. The Morgan fingerprint density at radius 2 is 1.78 bits per heavy atom. The lowest BCUT2D eigenvalue weighted by Gasteiger charge is -2.12. The van der Waals surface area contributed by atoms with Gasteiger partial charge in [0.15, 0.2) is 0 Å². The van der Waals surface area contributed by atoms with Gasteiger partial charge >= 0.3 is 5.69 Å².